The summed E-state index contributed by atoms with van der Waals surface area (Å²) >= 11 is 1.57. The van der Waals surface area contributed by atoms with Crippen molar-refractivity contribution in [1.82, 2.24) is 0 Å². The molecule has 0 bridgehead atoms. The lowest BCUT2D eigenvalue weighted by atomic mass is 10.1. The number of hydrogen-bond donors (Lipinski definition) is 1. The number of aromatic carboxylic acids is 1. The molecule has 0 radical (unpaired) electrons. The number of nitrogens with zero attached hydrogens (tertiary/aromatic N) is 1. The zero-order valence-corrected chi connectivity index (χ0v) is 14.1. The minimum atomic E-state index is -0.868. The summed E-state index contributed by atoms with van der Waals surface area (Å²) in [5.74, 6) is 0.435. The number of benzene rings is 1. The van der Waals surface area contributed by atoms with Crippen molar-refractivity contribution in [3.8, 4) is 0 Å². The number of hydrogen-bond acceptors (Lipinski definition) is 4. The molecule has 1 aromatic carbocycles. The fourth-order valence-electron chi connectivity index (χ4n) is 2.23. The lowest BCUT2D eigenvalue weighted by Crippen LogP contribution is -2.32. The molecule has 0 aliphatic rings. The summed E-state index contributed by atoms with van der Waals surface area (Å²) in [6.07, 6.45) is 0. The fraction of sp³-hybridized carbons (Fsp3) is 0.562. The van der Waals surface area contributed by atoms with Gasteiger partial charge in [0.25, 0.3) is 0 Å². The van der Waals surface area contributed by atoms with Gasteiger partial charge in [0.1, 0.15) is 0 Å². The molecule has 0 atom stereocenters. The third kappa shape index (κ3) is 5.25. The smallest absolute Gasteiger partial charge is 0.338 e. The van der Waals surface area contributed by atoms with Crippen molar-refractivity contribution in [2.45, 2.75) is 25.7 Å². The minimum absolute atomic E-state index is 0.404. The van der Waals surface area contributed by atoms with Gasteiger partial charge in [-0.3, -0.25) is 0 Å². The van der Waals surface area contributed by atoms with Crippen LogP contribution in [0.3, 0.4) is 0 Å². The topological polar surface area (TPSA) is 49.8 Å². The van der Waals surface area contributed by atoms with Crippen molar-refractivity contribution in [3.63, 3.8) is 0 Å². The van der Waals surface area contributed by atoms with E-state index in [9.17, 15) is 9.90 Å². The van der Waals surface area contributed by atoms with E-state index in [0.717, 1.165) is 22.9 Å². The van der Waals surface area contributed by atoms with Gasteiger partial charge >= 0.3 is 5.97 Å². The van der Waals surface area contributed by atoms with E-state index in [1.165, 1.54) is 0 Å². The Bertz CT molecular complexity index is 463. The van der Waals surface area contributed by atoms with E-state index in [0.29, 0.717) is 24.6 Å². The molecule has 0 amide bonds. The van der Waals surface area contributed by atoms with Crippen LogP contribution in [0.5, 0.6) is 0 Å². The van der Waals surface area contributed by atoms with Crippen LogP contribution in [0.4, 0.5) is 5.69 Å². The van der Waals surface area contributed by atoms with Crippen LogP contribution in [0.15, 0.2) is 23.1 Å². The molecule has 0 heterocycles. The van der Waals surface area contributed by atoms with Crippen LogP contribution >= 0.6 is 11.8 Å². The van der Waals surface area contributed by atoms with Crippen LogP contribution in [0, 0.1) is 5.92 Å². The summed E-state index contributed by atoms with van der Waals surface area (Å²) in [7, 11) is 1.66. The van der Waals surface area contributed by atoms with Crippen molar-refractivity contribution in [2.75, 3.05) is 37.5 Å². The maximum atomic E-state index is 11.7. The summed E-state index contributed by atoms with van der Waals surface area (Å²) < 4.78 is 5.16. The van der Waals surface area contributed by atoms with Crippen molar-refractivity contribution in [3.05, 3.63) is 23.8 Å². The monoisotopic (exact) mass is 311 g/mol. The van der Waals surface area contributed by atoms with Crippen LogP contribution in [0.2, 0.25) is 0 Å². The SMILES string of the molecule is CCSc1cccc(N(CCOC)CC(C)C)c1C(=O)O. The second-order valence-electron chi connectivity index (χ2n) is 5.22. The van der Waals surface area contributed by atoms with E-state index in [-0.39, 0.29) is 0 Å². The second kappa shape index (κ2) is 8.95. The number of ether oxygens (including phenoxy) is 1. The number of carbonyl (C=O) groups is 1. The summed E-state index contributed by atoms with van der Waals surface area (Å²) in [4.78, 5) is 14.6. The van der Waals surface area contributed by atoms with Crippen molar-refractivity contribution >= 4 is 23.4 Å². The van der Waals surface area contributed by atoms with Crippen molar-refractivity contribution in [1.29, 1.82) is 0 Å². The molecule has 0 fully saturated rings. The molecular weight excluding hydrogens is 286 g/mol. The molecular formula is C16H25NO3S. The molecule has 0 unspecified atom stereocenters. The maximum absolute atomic E-state index is 11.7. The number of carboxylic acid groups (broad SMARTS) is 1. The summed E-state index contributed by atoms with van der Waals surface area (Å²) in [6.45, 7) is 8.37. The van der Waals surface area contributed by atoms with E-state index in [4.69, 9.17) is 4.74 Å². The Morgan fingerprint density at radius 1 is 1.43 bits per heavy atom. The molecule has 0 spiro atoms. The van der Waals surface area contributed by atoms with Crippen LogP contribution in [0.1, 0.15) is 31.1 Å². The van der Waals surface area contributed by atoms with E-state index < -0.39 is 5.97 Å². The Balaban J connectivity index is 3.21. The van der Waals surface area contributed by atoms with Gasteiger partial charge in [0.2, 0.25) is 0 Å². The Morgan fingerprint density at radius 2 is 2.14 bits per heavy atom. The van der Waals surface area contributed by atoms with Crippen LogP contribution < -0.4 is 4.90 Å². The molecule has 0 saturated heterocycles. The van der Waals surface area contributed by atoms with E-state index in [1.807, 2.05) is 25.1 Å². The normalized spacial score (nSPS) is 10.9. The lowest BCUT2D eigenvalue weighted by Gasteiger charge is -2.28. The first-order valence-corrected chi connectivity index (χ1v) is 8.22. The fourth-order valence-corrected chi connectivity index (χ4v) is 3.05. The molecule has 1 N–H and O–H groups in total. The molecule has 0 saturated carbocycles. The van der Waals surface area contributed by atoms with Crippen LogP contribution in [-0.4, -0.2) is 43.6 Å². The first-order chi connectivity index (χ1) is 10.0. The standard InChI is InChI=1S/C16H25NO3S/c1-5-21-14-8-6-7-13(15(14)16(18)19)17(9-10-20-4)11-12(2)3/h6-8,12H,5,9-11H2,1-4H3,(H,18,19). The quantitative estimate of drug-likeness (QED) is 0.706. The number of rotatable bonds is 9. The molecule has 0 aliphatic heterocycles. The van der Waals surface area contributed by atoms with Gasteiger partial charge in [-0.05, 0) is 23.8 Å². The van der Waals surface area contributed by atoms with Crippen molar-refractivity contribution < 1.29 is 14.6 Å². The largest absolute Gasteiger partial charge is 0.478 e. The molecule has 21 heavy (non-hydrogen) atoms. The highest BCUT2D eigenvalue weighted by molar-refractivity contribution is 7.99. The number of methoxy groups -OCH3 is 1. The van der Waals surface area contributed by atoms with E-state index in [1.54, 1.807) is 18.9 Å². The zero-order valence-electron chi connectivity index (χ0n) is 13.3. The van der Waals surface area contributed by atoms with Gasteiger partial charge in [-0.1, -0.05) is 26.8 Å². The molecule has 5 heteroatoms. The first kappa shape index (κ1) is 17.9. The van der Waals surface area contributed by atoms with Gasteiger partial charge in [0, 0.05) is 25.1 Å². The van der Waals surface area contributed by atoms with E-state index >= 15 is 0 Å². The van der Waals surface area contributed by atoms with Gasteiger partial charge in [0.15, 0.2) is 0 Å². The zero-order chi connectivity index (χ0) is 15.8. The number of anilines is 1. The van der Waals surface area contributed by atoms with Gasteiger partial charge in [-0.15, -0.1) is 11.8 Å². The van der Waals surface area contributed by atoms with Crippen LogP contribution in [0.25, 0.3) is 0 Å². The lowest BCUT2D eigenvalue weighted by molar-refractivity contribution is 0.0693. The van der Waals surface area contributed by atoms with Crippen LogP contribution in [-0.2, 0) is 4.74 Å². The molecule has 118 valence electrons. The van der Waals surface area contributed by atoms with Gasteiger partial charge in [-0.25, -0.2) is 4.79 Å². The molecule has 4 nitrogen and oxygen atoms in total. The molecule has 1 rings (SSSR count). The predicted octanol–water partition coefficient (Wildman–Crippen LogP) is 3.61. The van der Waals surface area contributed by atoms with Crippen molar-refractivity contribution in [2.24, 2.45) is 5.92 Å². The summed E-state index contributed by atoms with van der Waals surface area (Å²) in [5.41, 5.74) is 1.19. The third-order valence-corrected chi connectivity index (χ3v) is 3.95. The Morgan fingerprint density at radius 3 is 2.67 bits per heavy atom. The summed E-state index contributed by atoms with van der Waals surface area (Å²) in [5, 5.41) is 9.61. The van der Waals surface area contributed by atoms with Gasteiger partial charge in [-0.2, -0.15) is 0 Å². The summed E-state index contributed by atoms with van der Waals surface area (Å²) in [6, 6.07) is 5.70. The maximum Gasteiger partial charge on any atom is 0.338 e. The first-order valence-electron chi connectivity index (χ1n) is 7.24. The number of thioether (sulfide) groups is 1. The second-order valence-corrected chi connectivity index (χ2v) is 6.53. The molecule has 0 aliphatic carbocycles. The average Bonchev–Trinajstić information content (AvgIpc) is 2.43. The van der Waals surface area contributed by atoms with Gasteiger partial charge < -0.3 is 14.7 Å². The molecule has 1 aromatic rings. The van der Waals surface area contributed by atoms with Gasteiger partial charge in [0.05, 0.1) is 17.9 Å². The molecule has 0 aromatic heterocycles. The minimum Gasteiger partial charge on any atom is -0.478 e. The predicted molar refractivity (Wildman–Crippen MR) is 88.7 cm³/mol. The highest BCUT2D eigenvalue weighted by Gasteiger charge is 2.20. The highest BCUT2D eigenvalue weighted by Crippen LogP contribution is 2.31. The number of carboxylic acids is 1. The highest BCUT2D eigenvalue weighted by atomic mass is 32.2. The Labute approximate surface area is 131 Å². The Hall–Kier alpha value is -1.20. The Kier molecular flexibility index (Phi) is 7.61. The third-order valence-electron chi connectivity index (χ3n) is 3.01. The average molecular weight is 311 g/mol. The van der Waals surface area contributed by atoms with E-state index in [2.05, 4.69) is 18.7 Å².